The number of thioether (sulfide) groups is 1. The van der Waals surface area contributed by atoms with Gasteiger partial charge in [-0.2, -0.15) is 8.78 Å². The van der Waals surface area contributed by atoms with Crippen LogP contribution in [0.5, 0.6) is 0 Å². The first kappa shape index (κ1) is 15.8. The van der Waals surface area contributed by atoms with E-state index < -0.39 is 5.76 Å². The van der Waals surface area contributed by atoms with Crippen LogP contribution in [-0.4, -0.2) is 35.6 Å². The van der Waals surface area contributed by atoms with Gasteiger partial charge in [0.15, 0.2) is 0 Å². The summed E-state index contributed by atoms with van der Waals surface area (Å²) in [5.74, 6) is -3.16. The number of carbonyl (C=O) groups is 2. The molecular weight excluding hydrogens is 298 g/mol. The monoisotopic (exact) mass is 314 g/mol. The predicted molar refractivity (Wildman–Crippen MR) is 77.3 cm³/mol. The van der Waals surface area contributed by atoms with Gasteiger partial charge < -0.3 is 10.2 Å². The Morgan fingerprint density at radius 2 is 2.29 bits per heavy atom. The molecule has 1 heterocycles. The van der Waals surface area contributed by atoms with Gasteiger partial charge in [0.1, 0.15) is 0 Å². The highest BCUT2D eigenvalue weighted by atomic mass is 32.2. The van der Waals surface area contributed by atoms with E-state index in [0.717, 1.165) is 0 Å². The fourth-order valence-corrected chi connectivity index (χ4v) is 2.81. The van der Waals surface area contributed by atoms with Gasteiger partial charge in [0, 0.05) is 30.1 Å². The third-order valence-corrected chi connectivity index (χ3v) is 4.00. The zero-order valence-corrected chi connectivity index (χ0v) is 12.3. The zero-order chi connectivity index (χ0) is 15.4. The number of benzene rings is 1. The number of alkyl halides is 2. The van der Waals surface area contributed by atoms with E-state index in [4.69, 9.17) is 0 Å². The summed E-state index contributed by atoms with van der Waals surface area (Å²) in [6.07, 6.45) is 0.200. The van der Waals surface area contributed by atoms with Crippen molar-refractivity contribution in [1.82, 2.24) is 4.90 Å². The van der Waals surface area contributed by atoms with Crippen molar-refractivity contribution in [3.8, 4) is 0 Å². The first-order valence-electron chi connectivity index (χ1n) is 6.63. The molecule has 0 radical (unpaired) electrons. The third kappa shape index (κ3) is 4.17. The SMILES string of the molecule is CCN1C[C@@H](C(=O)Nc2cccc(SC(F)F)c2)CC1=O. The summed E-state index contributed by atoms with van der Waals surface area (Å²) >= 11 is 0.429. The van der Waals surface area contributed by atoms with Crippen molar-refractivity contribution in [3.63, 3.8) is 0 Å². The lowest BCUT2D eigenvalue weighted by molar-refractivity contribution is -0.128. The summed E-state index contributed by atoms with van der Waals surface area (Å²) < 4.78 is 24.6. The topological polar surface area (TPSA) is 49.4 Å². The standard InChI is InChI=1S/C14H16F2N2O2S/c1-2-18-8-9(6-12(18)19)13(20)17-10-4-3-5-11(7-10)21-14(15)16/h3-5,7,9,14H,2,6,8H2,1H3,(H,17,20)/t9-/m0/s1. The number of nitrogens with one attached hydrogen (secondary N) is 1. The lowest BCUT2D eigenvalue weighted by Crippen LogP contribution is -2.28. The Labute approximate surface area is 125 Å². The molecular formula is C14H16F2N2O2S. The maximum atomic E-state index is 12.3. The number of carbonyl (C=O) groups excluding carboxylic acids is 2. The van der Waals surface area contributed by atoms with Crippen molar-refractivity contribution < 1.29 is 18.4 Å². The number of nitrogens with zero attached hydrogens (tertiary/aromatic N) is 1. The molecule has 114 valence electrons. The molecule has 0 spiro atoms. The number of likely N-dealkylation sites (tertiary alicyclic amines) is 1. The minimum atomic E-state index is -2.50. The maximum absolute atomic E-state index is 12.3. The molecule has 1 aromatic carbocycles. The highest BCUT2D eigenvalue weighted by Gasteiger charge is 2.33. The Hall–Kier alpha value is -1.63. The number of amides is 2. The Morgan fingerprint density at radius 1 is 1.52 bits per heavy atom. The molecule has 1 aliphatic rings. The van der Waals surface area contributed by atoms with Gasteiger partial charge in [-0.1, -0.05) is 17.8 Å². The Morgan fingerprint density at radius 3 is 2.90 bits per heavy atom. The first-order valence-corrected chi connectivity index (χ1v) is 7.51. The average molecular weight is 314 g/mol. The van der Waals surface area contributed by atoms with Crippen LogP contribution in [-0.2, 0) is 9.59 Å². The van der Waals surface area contributed by atoms with Crippen molar-refractivity contribution in [3.05, 3.63) is 24.3 Å². The molecule has 1 saturated heterocycles. The van der Waals surface area contributed by atoms with Crippen LogP contribution in [0.15, 0.2) is 29.2 Å². The molecule has 1 fully saturated rings. The van der Waals surface area contributed by atoms with Gasteiger partial charge in [-0.05, 0) is 25.1 Å². The number of halogens is 2. The normalized spacial score (nSPS) is 18.4. The van der Waals surface area contributed by atoms with E-state index in [-0.39, 0.29) is 24.2 Å². The molecule has 0 saturated carbocycles. The average Bonchev–Trinajstić information content (AvgIpc) is 2.79. The van der Waals surface area contributed by atoms with Crippen molar-refractivity contribution in [1.29, 1.82) is 0 Å². The largest absolute Gasteiger partial charge is 0.342 e. The molecule has 0 aliphatic carbocycles. The Kier molecular flexibility index (Phi) is 5.17. The second-order valence-electron chi connectivity index (χ2n) is 4.73. The first-order chi connectivity index (χ1) is 9.99. The fourth-order valence-electron chi connectivity index (χ4n) is 2.25. The van der Waals surface area contributed by atoms with E-state index in [1.807, 2.05) is 6.92 Å². The molecule has 7 heteroatoms. The van der Waals surface area contributed by atoms with Gasteiger partial charge in [-0.3, -0.25) is 9.59 Å². The minimum Gasteiger partial charge on any atom is -0.342 e. The highest BCUT2D eigenvalue weighted by molar-refractivity contribution is 7.99. The van der Waals surface area contributed by atoms with Gasteiger partial charge >= 0.3 is 0 Å². The fraction of sp³-hybridized carbons (Fsp3) is 0.429. The van der Waals surface area contributed by atoms with E-state index in [1.54, 1.807) is 23.1 Å². The van der Waals surface area contributed by atoms with Crippen molar-refractivity contribution >= 4 is 29.3 Å². The summed E-state index contributed by atoms with van der Waals surface area (Å²) in [6.45, 7) is 2.86. The van der Waals surface area contributed by atoms with Gasteiger partial charge in [-0.25, -0.2) is 0 Å². The minimum absolute atomic E-state index is 0.0281. The molecule has 2 amide bonds. The maximum Gasteiger partial charge on any atom is 0.288 e. The van der Waals surface area contributed by atoms with Gasteiger partial charge in [-0.15, -0.1) is 0 Å². The summed E-state index contributed by atoms with van der Waals surface area (Å²) in [5.41, 5.74) is 0.466. The zero-order valence-electron chi connectivity index (χ0n) is 11.5. The number of anilines is 1. The smallest absolute Gasteiger partial charge is 0.288 e. The second-order valence-corrected chi connectivity index (χ2v) is 5.79. The molecule has 1 aliphatic heterocycles. The highest BCUT2D eigenvalue weighted by Crippen LogP contribution is 2.27. The molecule has 1 atom stereocenters. The third-order valence-electron chi connectivity index (χ3n) is 3.29. The predicted octanol–water partition coefficient (Wildman–Crippen LogP) is 2.81. The van der Waals surface area contributed by atoms with E-state index in [2.05, 4.69) is 5.32 Å². The van der Waals surface area contributed by atoms with Gasteiger partial charge in [0.25, 0.3) is 5.76 Å². The van der Waals surface area contributed by atoms with Crippen molar-refractivity contribution in [2.24, 2.45) is 5.92 Å². The molecule has 0 unspecified atom stereocenters. The van der Waals surface area contributed by atoms with Crippen LogP contribution < -0.4 is 5.32 Å². The van der Waals surface area contributed by atoms with E-state index in [0.29, 0.717) is 35.4 Å². The number of rotatable bonds is 5. The Balaban J connectivity index is 1.98. The molecule has 21 heavy (non-hydrogen) atoms. The quantitative estimate of drug-likeness (QED) is 0.850. The summed E-state index contributed by atoms with van der Waals surface area (Å²) in [7, 11) is 0. The number of hydrogen-bond acceptors (Lipinski definition) is 3. The molecule has 4 nitrogen and oxygen atoms in total. The van der Waals surface area contributed by atoms with Crippen LogP contribution in [0.4, 0.5) is 14.5 Å². The molecule has 1 aromatic rings. The van der Waals surface area contributed by atoms with Gasteiger partial charge in [0.05, 0.1) is 5.92 Å². The molecule has 0 bridgehead atoms. The van der Waals surface area contributed by atoms with Crippen molar-refractivity contribution in [2.75, 3.05) is 18.4 Å². The Bertz CT molecular complexity index is 539. The van der Waals surface area contributed by atoms with E-state index >= 15 is 0 Å². The lowest BCUT2D eigenvalue weighted by atomic mass is 10.1. The van der Waals surface area contributed by atoms with Crippen molar-refractivity contribution in [2.45, 2.75) is 24.0 Å². The van der Waals surface area contributed by atoms with Crippen LogP contribution in [0.25, 0.3) is 0 Å². The second kappa shape index (κ2) is 6.89. The summed E-state index contributed by atoms with van der Waals surface area (Å²) in [6, 6.07) is 6.31. The van der Waals surface area contributed by atoms with Crippen LogP contribution >= 0.6 is 11.8 Å². The molecule has 1 N–H and O–H groups in total. The molecule has 0 aromatic heterocycles. The summed E-state index contributed by atoms with van der Waals surface area (Å²) in [4.78, 5) is 25.7. The van der Waals surface area contributed by atoms with Crippen LogP contribution in [0.1, 0.15) is 13.3 Å². The lowest BCUT2D eigenvalue weighted by Gasteiger charge is -2.14. The van der Waals surface area contributed by atoms with E-state index in [9.17, 15) is 18.4 Å². The van der Waals surface area contributed by atoms with Crippen LogP contribution in [0.2, 0.25) is 0 Å². The number of hydrogen-bond donors (Lipinski definition) is 1. The van der Waals surface area contributed by atoms with Crippen LogP contribution in [0, 0.1) is 5.92 Å². The molecule has 2 rings (SSSR count). The summed E-state index contributed by atoms with van der Waals surface area (Å²) in [5, 5.41) is 2.69. The van der Waals surface area contributed by atoms with Crippen LogP contribution in [0.3, 0.4) is 0 Å². The van der Waals surface area contributed by atoms with E-state index in [1.165, 1.54) is 6.07 Å². The van der Waals surface area contributed by atoms with Gasteiger partial charge in [0.2, 0.25) is 11.8 Å².